The van der Waals surface area contributed by atoms with Gasteiger partial charge in [0, 0.05) is 27.0 Å². The number of ether oxygens (including phenoxy) is 2. The van der Waals surface area contributed by atoms with E-state index in [-0.39, 0.29) is 44.3 Å². The maximum atomic E-state index is 15.0. The van der Waals surface area contributed by atoms with Gasteiger partial charge in [-0.05, 0) is 61.8 Å². The zero-order valence-electron chi connectivity index (χ0n) is 41.5. The summed E-state index contributed by atoms with van der Waals surface area (Å²) in [7, 11) is -2.88. The standard InChI is InChI=1S/C48H67N7O16S/c1-9-26(4)38(51-43(60)36(69-8)25-70-72(66,67)68)44(61)53-40-28(6)71-48(65)39(27(5)10-2)52-42(59)34(23-30-17-19-31(56)20-18-30)54(7)47(64)35(24-29-15-13-12-14-16-29)55-37(57)22-21-33(46(55)63)50-41(58)32(11-3)49-45(40)62/h11-20,26-28,33-40,56-57H,9-10,21-25H2,1-8H3,(H,49,62)(H,50,58)(H,51,60)(H,52,59)(H,53,61)(H,66,67,68)/p-1/b32-11-/t26-,27+,28+,33-,34-,35-,36+,37+,38-,39-,40-/m0/s1. The van der Waals surface area contributed by atoms with Crippen LogP contribution in [-0.2, 0) is 75.3 Å². The quantitative estimate of drug-likeness (QED) is 0.0496. The van der Waals surface area contributed by atoms with Crippen molar-refractivity contribution in [2.45, 2.75) is 135 Å². The van der Waals surface area contributed by atoms with Crippen molar-refractivity contribution in [1.29, 1.82) is 0 Å². The van der Waals surface area contributed by atoms with Gasteiger partial charge in [0.2, 0.25) is 34.0 Å². The van der Waals surface area contributed by atoms with Crippen LogP contribution < -0.4 is 26.6 Å². The summed E-state index contributed by atoms with van der Waals surface area (Å²) in [5, 5.41) is 34.2. The molecule has 2 aliphatic heterocycles. The Morgan fingerprint density at radius 2 is 1.53 bits per heavy atom. The predicted molar refractivity (Wildman–Crippen MR) is 255 cm³/mol. The zero-order valence-corrected chi connectivity index (χ0v) is 42.3. The summed E-state index contributed by atoms with van der Waals surface area (Å²) in [5.74, 6) is -9.19. The number of fused-ring (bicyclic) bond motifs is 2. The number of nitrogens with zero attached hydrogens (tertiary/aromatic N) is 2. The molecule has 4 rings (SSSR count). The number of aromatic hydroxyl groups is 1. The number of aliphatic hydroxyl groups is 1. The molecular formula is C48H66N7O16S-. The van der Waals surface area contributed by atoms with Gasteiger partial charge in [-0.15, -0.1) is 0 Å². The average molecular weight is 1030 g/mol. The fourth-order valence-corrected chi connectivity index (χ4v) is 8.41. The molecular weight excluding hydrogens is 963 g/mol. The number of hydrogen-bond acceptors (Lipinski definition) is 16. The molecule has 2 aromatic carbocycles. The van der Waals surface area contributed by atoms with Crippen molar-refractivity contribution in [3.8, 4) is 5.75 Å². The van der Waals surface area contributed by atoms with Crippen LogP contribution in [0, 0.1) is 11.8 Å². The number of carbonyl (C=O) groups excluding carboxylic acids is 8. The monoisotopic (exact) mass is 1030 g/mol. The van der Waals surface area contributed by atoms with E-state index in [2.05, 4.69) is 30.8 Å². The molecule has 0 saturated carbocycles. The summed E-state index contributed by atoms with van der Waals surface area (Å²) < 4.78 is 48.5. The Morgan fingerprint density at radius 1 is 0.903 bits per heavy atom. The van der Waals surface area contributed by atoms with Gasteiger partial charge in [-0.25, -0.2) is 13.2 Å². The summed E-state index contributed by atoms with van der Waals surface area (Å²) in [6, 6.07) is 5.42. The molecule has 2 fully saturated rings. The molecule has 23 nitrogen and oxygen atoms in total. The molecule has 24 heteroatoms. The number of piperidine rings is 1. The Labute approximate surface area is 418 Å². The maximum absolute atomic E-state index is 15.0. The number of methoxy groups -OCH3 is 1. The maximum Gasteiger partial charge on any atom is 0.329 e. The highest BCUT2D eigenvalue weighted by atomic mass is 32.3. The van der Waals surface area contributed by atoms with Crippen LogP contribution in [0.5, 0.6) is 5.75 Å². The van der Waals surface area contributed by atoms with E-state index in [0.717, 1.165) is 16.9 Å². The van der Waals surface area contributed by atoms with Gasteiger partial charge in [0.25, 0.3) is 17.7 Å². The smallest absolute Gasteiger partial charge is 0.329 e. The number of allylic oxidation sites excluding steroid dienone is 1. The van der Waals surface area contributed by atoms with Crippen molar-refractivity contribution < 1.29 is 75.2 Å². The molecule has 0 aromatic heterocycles. The molecule has 7 N–H and O–H groups in total. The second kappa shape index (κ2) is 26.3. The first kappa shape index (κ1) is 58.1. The van der Waals surface area contributed by atoms with Crippen molar-refractivity contribution in [3.63, 3.8) is 0 Å². The van der Waals surface area contributed by atoms with Gasteiger partial charge in [0.1, 0.15) is 66.6 Å². The minimum Gasteiger partial charge on any atom is -0.726 e. The van der Waals surface area contributed by atoms with Gasteiger partial charge >= 0.3 is 5.97 Å². The summed E-state index contributed by atoms with van der Waals surface area (Å²) in [4.78, 5) is 117. The van der Waals surface area contributed by atoms with Crippen molar-refractivity contribution in [3.05, 3.63) is 77.5 Å². The molecule has 72 heavy (non-hydrogen) atoms. The number of phenolic OH excluding ortho intramolecular Hbond substituents is 1. The molecule has 2 bridgehead atoms. The minimum absolute atomic E-state index is 0.0737. The molecule has 2 aromatic rings. The predicted octanol–water partition coefficient (Wildman–Crippen LogP) is -0.198. The third-order valence-electron chi connectivity index (χ3n) is 12.9. The van der Waals surface area contributed by atoms with Crippen LogP contribution >= 0.6 is 0 Å². The molecule has 0 radical (unpaired) electrons. The van der Waals surface area contributed by atoms with Crippen molar-refractivity contribution in [2.24, 2.45) is 11.8 Å². The van der Waals surface area contributed by atoms with Crippen molar-refractivity contribution >= 4 is 57.7 Å². The summed E-state index contributed by atoms with van der Waals surface area (Å²) in [6.45, 7) is 8.22. The number of esters is 1. The van der Waals surface area contributed by atoms with E-state index in [1.165, 1.54) is 51.2 Å². The minimum atomic E-state index is -5.25. The number of rotatable bonds is 16. The number of cyclic esters (lactones) is 1. The van der Waals surface area contributed by atoms with E-state index in [1.807, 2.05) is 0 Å². The van der Waals surface area contributed by atoms with Crippen LogP contribution in [0.4, 0.5) is 0 Å². The van der Waals surface area contributed by atoms with E-state index in [0.29, 0.717) is 11.1 Å². The average Bonchev–Trinajstić information content (AvgIpc) is 3.34. The fourth-order valence-electron chi connectivity index (χ4n) is 8.12. The topological polar surface area (TPSA) is 329 Å². The number of hydrogen-bond donors (Lipinski definition) is 7. The van der Waals surface area contributed by atoms with E-state index < -0.39 is 137 Å². The number of carbonyl (C=O) groups is 8. The van der Waals surface area contributed by atoms with Crippen LogP contribution in [0.3, 0.4) is 0 Å². The number of amides is 7. The largest absolute Gasteiger partial charge is 0.726 e. The van der Waals surface area contributed by atoms with Crippen LogP contribution in [0.15, 0.2) is 66.4 Å². The van der Waals surface area contributed by atoms with E-state index in [4.69, 9.17) is 9.47 Å². The molecule has 2 saturated heterocycles. The number of likely N-dealkylation sites (N-methyl/N-ethyl adjacent to an activating group) is 1. The Morgan fingerprint density at radius 3 is 2.11 bits per heavy atom. The van der Waals surface area contributed by atoms with Gasteiger partial charge in [-0.1, -0.05) is 89.1 Å². The summed E-state index contributed by atoms with van der Waals surface area (Å²) >= 11 is 0. The van der Waals surface area contributed by atoms with Crippen molar-refractivity contribution in [2.75, 3.05) is 20.8 Å². The number of phenols is 1. The first-order valence-corrected chi connectivity index (χ1v) is 24.9. The van der Waals surface area contributed by atoms with Gasteiger partial charge in [-0.3, -0.25) is 37.7 Å². The van der Waals surface area contributed by atoms with Gasteiger partial charge in [0.15, 0.2) is 6.10 Å². The van der Waals surface area contributed by atoms with Crippen LogP contribution in [0.1, 0.15) is 78.4 Å². The summed E-state index contributed by atoms with van der Waals surface area (Å²) in [6.07, 6.45) is -3.63. The molecule has 0 spiro atoms. The number of nitrogens with one attached hydrogen (secondary N) is 5. The molecule has 0 unspecified atom stereocenters. The first-order chi connectivity index (χ1) is 33.9. The number of benzene rings is 2. The molecule has 396 valence electrons. The molecule has 2 aliphatic rings. The molecule has 7 amide bonds. The van der Waals surface area contributed by atoms with Gasteiger partial charge < -0.3 is 60.6 Å². The highest BCUT2D eigenvalue weighted by Gasteiger charge is 2.46. The third kappa shape index (κ3) is 15.5. The third-order valence-corrected chi connectivity index (χ3v) is 13.3. The van der Waals surface area contributed by atoms with Gasteiger partial charge in [0.05, 0.1) is 0 Å². The SMILES string of the molecule is C/C=C1\NC(=O)[C@@H](NC(=O)[C@@H](NC(=O)[C@@H](COS(=O)(=O)[O-])OC)[C@@H](C)CC)[C@@H](C)OC(=O)[C@H]([C@H](C)CC)NC(=O)[C@H](Cc2ccc(O)cc2)N(C)C(=O)[C@H](Cc2ccccc2)N2C(=O)[C@H](CC[C@H]2O)NC1=O. The van der Waals surface area contributed by atoms with Crippen LogP contribution in [0.25, 0.3) is 0 Å². The Kier molecular flexibility index (Phi) is 21.2. The van der Waals surface area contributed by atoms with E-state index >= 15 is 4.79 Å². The van der Waals surface area contributed by atoms with E-state index in [1.54, 1.807) is 58.0 Å². The molecule has 2 heterocycles. The molecule has 0 aliphatic carbocycles. The fraction of sp³-hybridized carbons (Fsp3) is 0.542. The lowest BCUT2D eigenvalue weighted by molar-refractivity contribution is -0.165. The lowest BCUT2D eigenvalue weighted by Crippen LogP contribution is -2.64. The lowest BCUT2D eigenvalue weighted by atomic mass is 9.95. The second-order valence-electron chi connectivity index (χ2n) is 17.9. The first-order valence-electron chi connectivity index (χ1n) is 23.6. The van der Waals surface area contributed by atoms with Crippen LogP contribution in [0.2, 0.25) is 0 Å². The van der Waals surface area contributed by atoms with Crippen LogP contribution in [-0.4, -0.2) is 156 Å². The zero-order chi connectivity index (χ0) is 53.6. The molecule has 11 atom stereocenters. The Balaban J connectivity index is 1.85. The Hall–Kier alpha value is -6.47. The Bertz CT molecular complexity index is 2410. The van der Waals surface area contributed by atoms with Gasteiger partial charge in [-0.2, -0.15) is 0 Å². The highest BCUT2D eigenvalue weighted by molar-refractivity contribution is 7.80. The highest BCUT2D eigenvalue weighted by Crippen LogP contribution is 2.26. The normalized spacial score (nSPS) is 25.3. The second-order valence-corrected chi connectivity index (χ2v) is 18.9. The lowest BCUT2D eigenvalue weighted by Gasteiger charge is -2.43. The van der Waals surface area contributed by atoms with E-state index in [9.17, 15) is 56.7 Å². The summed E-state index contributed by atoms with van der Waals surface area (Å²) in [5.41, 5.74) is 0.641. The number of aliphatic hydroxyl groups excluding tert-OH is 1. The van der Waals surface area contributed by atoms with Crippen molar-refractivity contribution in [1.82, 2.24) is 36.4 Å².